The molecule has 7 nitrogen and oxygen atoms in total. The maximum Gasteiger partial charge on any atom is 0.317 e. The van der Waals surface area contributed by atoms with Gasteiger partial charge in [0, 0.05) is 45.3 Å². The first-order valence-electron chi connectivity index (χ1n) is 11.8. The highest BCUT2D eigenvalue weighted by atomic mass is 16.5. The number of amides is 2. The number of nitrogens with one attached hydrogen (secondary N) is 1. The van der Waals surface area contributed by atoms with Gasteiger partial charge in [-0.15, -0.1) is 0 Å². The van der Waals surface area contributed by atoms with Gasteiger partial charge in [-0.2, -0.15) is 0 Å². The number of nitrogens with zero attached hydrogens (tertiary/aromatic N) is 3. The van der Waals surface area contributed by atoms with Crippen LogP contribution in [-0.2, 0) is 9.53 Å². The third-order valence-corrected chi connectivity index (χ3v) is 7.71. The van der Waals surface area contributed by atoms with Crippen molar-refractivity contribution < 1.29 is 14.3 Å². The molecule has 2 atom stereocenters. The van der Waals surface area contributed by atoms with Crippen molar-refractivity contribution in [2.75, 3.05) is 45.9 Å². The van der Waals surface area contributed by atoms with Gasteiger partial charge in [-0.3, -0.25) is 4.79 Å². The van der Waals surface area contributed by atoms with E-state index in [0.717, 1.165) is 64.8 Å². The Balaban J connectivity index is 1.22. The van der Waals surface area contributed by atoms with E-state index in [4.69, 9.17) is 4.74 Å². The van der Waals surface area contributed by atoms with Crippen LogP contribution in [0.15, 0.2) is 0 Å². The SMILES string of the molecule is CCNC(=O)N1CCCC1C1CCN(N2CC3(CCC(C(=O)OCC)C3)C2)CC1. The molecule has 0 aromatic carbocycles. The van der Waals surface area contributed by atoms with Gasteiger partial charge in [-0.1, -0.05) is 0 Å². The Morgan fingerprint density at radius 1 is 1.03 bits per heavy atom. The number of carbonyl (C=O) groups excluding carboxylic acids is 2. The van der Waals surface area contributed by atoms with Gasteiger partial charge in [0.15, 0.2) is 0 Å². The average molecular weight is 407 g/mol. The van der Waals surface area contributed by atoms with Crippen LogP contribution < -0.4 is 5.32 Å². The van der Waals surface area contributed by atoms with Crippen molar-refractivity contribution in [3.63, 3.8) is 0 Å². The minimum Gasteiger partial charge on any atom is -0.466 e. The summed E-state index contributed by atoms with van der Waals surface area (Å²) in [4.78, 5) is 26.5. The lowest BCUT2D eigenvalue weighted by atomic mass is 9.78. The lowest BCUT2D eigenvalue weighted by Gasteiger charge is -2.54. The van der Waals surface area contributed by atoms with Crippen molar-refractivity contribution in [1.82, 2.24) is 20.2 Å². The molecule has 7 heteroatoms. The van der Waals surface area contributed by atoms with Gasteiger partial charge in [0.1, 0.15) is 0 Å². The summed E-state index contributed by atoms with van der Waals surface area (Å²) >= 11 is 0. The number of ether oxygens (including phenoxy) is 1. The number of urea groups is 1. The molecule has 164 valence electrons. The highest BCUT2D eigenvalue weighted by Gasteiger charge is 2.51. The molecule has 0 bridgehead atoms. The van der Waals surface area contributed by atoms with Gasteiger partial charge in [0.2, 0.25) is 0 Å². The molecule has 3 saturated heterocycles. The van der Waals surface area contributed by atoms with Crippen molar-refractivity contribution in [3.8, 4) is 0 Å². The third kappa shape index (κ3) is 4.26. The number of rotatable bonds is 5. The Kier molecular flexibility index (Phi) is 6.35. The summed E-state index contributed by atoms with van der Waals surface area (Å²) in [5.74, 6) is 0.758. The molecule has 4 fully saturated rings. The second kappa shape index (κ2) is 8.80. The smallest absolute Gasteiger partial charge is 0.317 e. The molecule has 3 aliphatic heterocycles. The predicted molar refractivity (Wildman–Crippen MR) is 111 cm³/mol. The van der Waals surface area contributed by atoms with Crippen LogP contribution in [-0.4, -0.2) is 78.8 Å². The zero-order chi connectivity index (χ0) is 20.4. The molecule has 1 saturated carbocycles. The van der Waals surface area contributed by atoms with Gasteiger partial charge in [0.05, 0.1) is 12.5 Å². The fourth-order valence-electron chi connectivity index (χ4n) is 6.22. The molecule has 4 rings (SSSR count). The summed E-state index contributed by atoms with van der Waals surface area (Å²) in [7, 11) is 0. The molecular formula is C22H38N4O3. The first-order valence-corrected chi connectivity index (χ1v) is 11.8. The largest absolute Gasteiger partial charge is 0.466 e. The van der Waals surface area contributed by atoms with E-state index in [1.165, 1.54) is 12.8 Å². The van der Waals surface area contributed by atoms with Crippen LogP contribution >= 0.6 is 0 Å². The first kappa shape index (κ1) is 20.9. The number of hydrogen-bond acceptors (Lipinski definition) is 5. The van der Waals surface area contributed by atoms with Gasteiger partial charge in [0.25, 0.3) is 0 Å². The molecule has 2 unspecified atom stereocenters. The van der Waals surface area contributed by atoms with Crippen LogP contribution in [0.5, 0.6) is 0 Å². The van der Waals surface area contributed by atoms with Crippen LogP contribution in [0.3, 0.4) is 0 Å². The fraction of sp³-hybridized carbons (Fsp3) is 0.909. The molecule has 0 aromatic rings. The van der Waals surface area contributed by atoms with Crippen LogP contribution in [0.1, 0.15) is 58.8 Å². The minimum absolute atomic E-state index is 0.0110. The van der Waals surface area contributed by atoms with E-state index in [0.29, 0.717) is 30.5 Å². The van der Waals surface area contributed by atoms with E-state index in [1.54, 1.807) is 0 Å². The third-order valence-electron chi connectivity index (χ3n) is 7.71. The van der Waals surface area contributed by atoms with Gasteiger partial charge in [-0.25, -0.2) is 14.8 Å². The molecule has 2 amide bonds. The van der Waals surface area contributed by atoms with E-state index in [1.807, 2.05) is 13.8 Å². The van der Waals surface area contributed by atoms with E-state index >= 15 is 0 Å². The Morgan fingerprint density at radius 3 is 2.48 bits per heavy atom. The Hall–Kier alpha value is -1.34. The van der Waals surface area contributed by atoms with E-state index in [2.05, 4.69) is 20.2 Å². The van der Waals surface area contributed by atoms with Crippen LogP contribution in [0, 0.1) is 17.3 Å². The summed E-state index contributed by atoms with van der Waals surface area (Å²) in [6, 6.07) is 0.547. The second-order valence-corrected chi connectivity index (χ2v) is 9.54. The maximum absolute atomic E-state index is 12.3. The summed E-state index contributed by atoms with van der Waals surface area (Å²) in [5, 5.41) is 8.03. The Morgan fingerprint density at radius 2 is 1.79 bits per heavy atom. The quantitative estimate of drug-likeness (QED) is 0.711. The van der Waals surface area contributed by atoms with Crippen molar-refractivity contribution in [2.45, 2.75) is 64.8 Å². The van der Waals surface area contributed by atoms with E-state index < -0.39 is 0 Å². The molecule has 4 aliphatic rings. The number of piperidine rings is 1. The normalized spacial score (nSPS) is 30.5. The second-order valence-electron chi connectivity index (χ2n) is 9.54. The highest BCUT2D eigenvalue weighted by Crippen LogP contribution is 2.49. The molecule has 3 heterocycles. The highest BCUT2D eigenvalue weighted by molar-refractivity contribution is 5.74. The molecule has 1 aliphatic carbocycles. The molecular weight excluding hydrogens is 368 g/mol. The number of esters is 1. The fourth-order valence-corrected chi connectivity index (χ4v) is 6.22. The number of likely N-dealkylation sites (tertiary alicyclic amines) is 1. The molecule has 29 heavy (non-hydrogen) atoms. The van der Waals surface area contributed by atoms with E-state index in [-0.39, 0.29) is 17.9 Å². The van der Waals surface area contributed by atoms with Gasteiger partial charge < -0.3 is 15.0 Å². The van der Waals surface area contributed by atoms with Gasteiger partial charge >= 0.3 is 12.0 Å². The zero-order valence-electron chi connectivity index (χ0n) is 18.2. The van der Waals surface area contributed by atoms with Gasteiger partial charge in [-0.05, 0) is 70.1 Å². The predicted octanol–water partition coefficient (Wildman–Crippen LogP) is 2.47. The standard InChI is InChI=1S/C22H38N4O3/c1-3-23-21(28)26-11-5-6-19(26)17-8-12-24(13-9-17)25-15-22(16-25)10-7-18(14-22)20(27)29-4-2/h17-19H,3-16H2,1-2H3,(H,23,28). The molecule has 0 radical (unpaired) electrons. The summed E-state index contributed by atoms with van der Waals surface area (Å²) in [6.45, 7) is 10.4. The topological polar surface area (TPSA) is 65.1 Å². The zero-order valence-corrected chi connectivity index (χ0v) is 18.2. The number of hydrazine groups is 1. The summed E-state index contributed by atoms with van der Waals surface area (Å²) in [6.07, 6.45) is 7.80. The Labute approximate surface area is 175 Å². The first-order chi connectivity index (χ1) is 14.0. The van der Waals surface area contributed by atoms with Crippen LogP contribution in [0.2, 0.25) is 0 Å². The molecule has 1 N–H and O–H groups in total. The van der Waals surface area contributed by atoms with Crippen molar-refractivity contribution in [1.29, 1.82) is 0 Å². The minimum atomic E-state index is 0.0110. The lowest BCUT2D eigenvalue weighted by Crippen LogP contribution is -2.63. The van der Waals surface area contributed by atoms with Crippen molar-refractivity contribution in [2.24, 2.45) is 17.3 Å². The number of hydrogen-bond donors (Lipinski definition) is 1. The lowest BCUT2D eigenvalue weighted by molar-refractivity contribution is -0.165. The van der Waals surface area contributed by atoms with Crippen LogP contribution in [0.4, 0.5) is 4.79 Å². The van der Waals surface area contributed by atoms with Crippen molar-refractivity contribution in [3.05, 3.63) is 0 Å². The monoisotopic (exact) mass is 406 g/mol. The van der Waals surface area contributed by atoms with Crippen molar-refractivity contribution >= 4 is 12.0 Å². The number of carbonyl (C=O) groups is 2. The maximum atomic E-state index is 12.3. The summed E-state index contributed by atoms with van der Waals surface area (Å²) in [5.41, 5.74) is 0.342. The van der Waals surface area contributed by atoms with E-state index in [9.17, 15) is 9.59 Å². The van der Waals surface area contributed by atoms with Crippen LogP contribution in [0.25, 0.3) is 0 Å². The summed E-state index contributed by atoms with van der Waals surface area (Å²) < 4.78 is 5.24. The molecule has 1 spiro atoms. The average Bonchev–Trinajstić information content (AvgIpc) is 3.35. The molecule has 0 aromatic heterocycles. The Bertz CT molecular complexity index is 599.